The molecule has 0 aliphatic carbocycles. The summed E-state index contributed by atoms with van der Waals surface area (Å²) in [5.74, 6) is -4.38. The van der Waals surface area contributed by atoms with Crippen LogP contribution >= 0.6 is 15.9 Å². The van der Waals surface area contributed by atoms with Crippen molar-refractivity contribution in [1.29, 1.82) is 0 Å². The van der Waals surface area contributed by atoms with Crippen LogP contribution in [-0.2, 0) is 0 Å². The molecule has 0 unspecified atom stereocenters. The summed E-state index contributed by atoms with van der Waals surface area (Å²) in [7, 11) is 0. The fourth-order valence-corrected chi connectivity index (χ4v) is 0.781. The van der Waals surface area contributed by atoms with Gasteiger partial charge in [0.1, 0.15) is 11.5 Å². The van der Waals surface area contributed by atoms with Gasteiger partial charge in [-0.05, 0) is 28.8 Å². The van der Waals surface area contributed by atoms with Crippen LogP contribution in [0.2, 0.25) is 0 Å². The lowest BCUT2D eigenvalue weighted by Gasteiger charge is -1.95. The smallest absolute Gasteiger partial charge is 0.115 e. The second-order valence-electron chi connectivity index (χ2n) is 1.66. The predicted molar refractivity (Wildman–Crippen MR) is 45.2 cm³/mol. The van der Waals surface area contributed by atoms with Crippen LogP contribution in [0, 0.1) is 6.85 Å². The third kappa shape index (κ3) is 1.43. The lowest BCUT2D eigenvalue weighted by atomic mass is 10.2. The Kier molecular flexibility index (Phi) is 0.534. The summed E-state index contributed by atoms with van der Waals surface area (Å²) in [6.07, 6.45) is 0. The number of hydrogen-bond donors (Lipinski definition) is 0. The van der Waals surface area contributed by atoms with Gasteiger partial charge in [0.15, 0.2) is 0 Å². The maximum absolute atomic E-state index is 7.86. The van der Waals surface area contributed by atoms with Crippen molar-refractivity contribution in [3.05, 3.63) is 22.1 Å². The van der Waals surface area contributed by atoms with Gasteiger partial charge in [0.2, 0.25) is 0 Å². The van der Waals surface area contributed by atoms with Gasteiger partial charge in [0.05, 0.1) is 4.47 Å². The maximum atomic E-state index is 7.86. The zero-order valence-electron chi connectivity index (χ0n) is 14.9. The minimum Gasteiger partial charge on any atom is -0.465 e. The normalized spacial score (nSPS) is 30.5. The van der Waals surface area contributed by atoms with Crippen LogP contribution in [0.4, 0.5) is 0 Å². The Bertz CT molecular complexity index is 479. The van der Waals surface area contributed by atoms with Crippen LogP contribution < -0.4 is 0 Å². The molecule has 10 heavy (non-hydrogen) atoms. The Morgan fingerprint density at radius 3 is 3.10 bits per heavy atom. The molecule has 0 saturated heterocycles. The molecular weight excluding hydrogens is 192 g/mol. The molecule has 0 radical (unpaired) electrons. The van der Waals surface area contributed by atoms with Gasteiger partial charge in [0, 0.05) is 19.6 Å². The second-order valence-corrected chi connectivity index (χ2v) is 2.52. The zero-order chi connectivity index (χ0) is 16.1. The number of rotatable bonds is 1. The van der Waals surface area contributed by atoms with E-state index >= 15 is 0 Å². The summed E-state index contributed by atoms with van der Waals surface area (Å²) in [6.45, 7) is -9.13. The molecule has 0 fully saturated rings. The minimum atomic E-state index is -3.22. The van der Waals surface area contributed by atoms with Crippen molar-refractivity contribution in [3.8, 4) is 0 Å². The van der Waals surface area contributed by atoms with Crippen LogP contribution in [-0.4, -0.2) is 0 Å². The van der Waals surface area contributed by atoms with E-state index in [4.69, 9.17) is 18.1 Å². The SMILES string of the molecule is [2H]C([2H])([2H])c1oc(C([2H])(C([2H])([2H])[2H])C([2H])([2H])[2H])cc1Br. The van der Waals surface area contributed by atoms with Gasteiger partial charge >= 0.3 is 0 Å². The first kappa shape index (κ1) is 1.92. The second kappa shape index (κ2) is 2.79. The van der Waals surface area contributed by atoms with E-state index < -0.39 is 38.0 Å². The van der Waals surface area contributed by atoms with E-state index in [1.807, 2.05) is 0 Å². The lowest BCUT2D eigenvalue weighted by molar-refractivity contribution is 0.462. The molecule has 0 bridgehead atoms. The third-order valence-electron chi connectivity index (χ3n) is 0.933. The number of hydrogen-bond acceptors (Lipinski definition) is 1. The largest absolute Gasteiger partial charge is 0.465 e. The van der Waals surface area contributed by atoms with Crippen molar-refractivity contribution in [2.45, 2.75) is 26.4 Å². The quantitative estimate of drug-likeness (QED) is 0.696. The molecule has 0 aliphatic heterocycles. The molecule has 2 heteroatoms. The lowest BCUT2D eigenvalue weighted by Crippen LogP contribution is -1.80. The summed E-state index contributed by atoms with van der Waals surface area (Å²) in [5, 5.41) is 0. The monoisotopic (exact) mass is 212 g/mol. The molecule has 1 aromatic rings. The van der Waals surface area contributed by atoms with E-state index in [-0.39, 0.29) is 4.47 Å². The Morgan fingerprint density at radius 1 is 1.80 bits per heavy atom. The molecule has 1 aromatic heterocycles. The first-order chi connectivity index (χ1) is 8.62. The highest BCUT2D eigenvalue weighted by Crippen LogP contribution is 2.25. The first-order valence-corrected chi connectivity index (χ1v) is 3.22. The van der Waals surface area contributed by atoms with Gasteiger partial charge in [-0.2, -0.15) is 0 Å². The van der Waals surface area contributed by atoms with Crippen LogP contribution in [0.25, 0.3) is 0 Å². The molecule has 0 aromatic carbocycles. The molecule has 1 nitrogen and oxygen atoms in total. The van der Waals surface area contributed by atoms with Gasteiger partial charge in [-0.25, -0.2) is 0 Å². The van der Waals surface area contributed by atoms with Gasteiger partial charge < -0.3 is 4.42 Å². The number of halogens is 1. The number of furan rings is 1. The summed E-state index contributed by atoms with van der Waals surface area (Å²) in [5.41, 5.74) is 0. The van der Waals surface area contributed by atoms with Gasteiger partial charge in [-0.15, -0.1) is 0 Å². The molecule has 0 saturated carbocycles. The van der Waals surface area contributed by atoms with Gasteiger partial charge in [-0.1, -0.05) is 13.7 Å². The maximum Gasteiger partial charge on any atom is 0.115 e. The average molecular weight is 213 g/mol. The third-order valence-corrected chi connectivity index (χ3v) is 1.52. The van der Waals surface area contributed by atoms with Crippen molar-refractivity contribution in [1.82, 2.24) is 0 Å². The number of aryl methyl sites for hydroxylation is 1. The molecular formula is C8H11BrO. The van der Waals surface area contributed by atoms with Crippen molar-refractivity contribution in [2.24, 2.45) is 0 Å². The minimum absolute atomic E-state index is 0.0994. The highest BCUT2D eigenvalue weighted by molar-refractivity contribution is 9.10. The molecule has 0 amide bonds. The van der Waals surface area contributed by atoms with E-state index in [1.165, 1.54) is 0 Å². The zero-order valence-corrected chi connectivity index (χ0v) is 6.45. The van der Waals surface area contributed by atoms with Crippen LogP contribution in [0.15, 0.2) is 15.0 Å². The van der Waals surface area contributed by atoms with Crippen molar-refractivity contribution in [3.63, 3.8) is 0 Å². The Labute approximate surface area is 83.6 Å². The van der Waals surface area contributed by atoms with E-state index in [0.29, 0.717) is 0 Å². The standard InChI is InChI=1S/C8H11BrO/c1-5(2)8-4-7(9)6(3)10-8/h4-5H,1-3H3/i1D3,2D3,3D3,5D. The summed E-state index contributed by atoms with van der Waals surface area (Å²) < 4.78 is 78.0. The first-order valence-electron chi connectivity index (χ1n) is 7.42. The molecule has 0 atom stereocenters. The summed E-state index contributed by atoms with van der Waals surface area (Å²) in [6, 6.07) is 0.910. The van der Waals surface area contributed by atoms with Gasteiger partial charge in [0.25, 0.3) is 0 Å². The fourth-order valence-electron chi connectivity index (χ4n) is 0.492. The van der Waals surface area contributed by atoms with Crippen LogP contribution in [0.5, 0.6) is 0 Å². The van der Waals surface area contributed by atoms with Crippen molar-refractivity contribution in [2.75, 3.05) is 0 Å². The molecule has 0 aliphatic rings. The Morgan fingerprint density at radius 2 is 2.60 bits per heavy atom. The van der Waals surface area contributed by atoms with Gasteiger partial charge in [-0.3, -0.25) is 0 Å². The average Bonchev–Trinajstić information content (AvgIpc) is 2.54. The summed E-state index contributed by atoms with van der Waals surface area (Å²) >= 11 is 2.87. The fraction of sp³-hybridized carbons (Fsp3) is 0.500. The van der Waals surface area contributed by atoms with Crippen molar-refractivity contribution < 1.29 is 18.1 Å². The molecule has 0 N–H and O–H groups in total. The molecule has 1 rings (SSSR count). The highest BCUT2D eigenvalue weighted by atomic mass is 79.9. The molecule has 0 spiro atoms. The predicted octanol–water partition coefficient (Wildman–Crippen LogP) is 3.47. The van der Waals surface area contributed by atoms with E-state index in [9.17, 15) is 0 Å². The highest BCUT2D eigenvalue weighted by Gasteiger charge is 2.06. The molecule has 56 valence electrons. The van der Waals surface area contributed by atoms with Crippen LogP contribution in [0.1, 0.15) is 44.8 Å². The van der Waals surface area contributed by atoms with E-state index in [1.54, 1.807) is 0 Å². The Balaban J connectivity index is 3.55. The topological polar surface area (TPSA) is 13.1 Å². The summed E-state index contributed by atoms with van der Waals surface area (Å²) in [4.78, 5) is 0. The van der Waals surface area contributed by atoms with E-state index in [0.717, 1.165) is 6.07 Å². The van der Waals surface area contributed by atoms with Crippen LogP contribution in [0.3, 0.4) is 0 Å². The van der Waals surface area contributed by atoms with Crippen molar-refractivity contribution >= 4 is 15.9 Å². The Hall–Kier alpha value is -0.240. The van der Waals surface area contributed by atoms with E-state index in [2.05, 4.69) is 15.9 Å². The molecule has 1 heterocycles.